The van der Waals surface area contributed by atoms with Crippen molar-refractivity contribution in [3.05, 3.63) is 29.6 Å². The lowest BCUT2D eigenvalue weighted by atomic mass is 10.0. The van der Waals surface area contributed by atoms with Crippen molar-refractivity contribution >= 4 is 5.69 Å². The summed E-state index contributed by atoms with van der Waals surface area (Å²) in [6.45, 7) is 2.76. The molecule has 1 aromatic rings. The van der Waals surface area contributed by atoms with E-state index < -0.39 is 0 Å². The third-order valence-electron chi connectivity index (χ3n) is 3.88. The van der Waals surface area contributed by atoms with E-state index in [1.54, 1.807) is 13.0 Å². The summed E-state index contributed by atoms with van der Waals surface area (Å²) in [5.41, 5.74) is 7.32. The Morgan fingerprint density at radius 2 is 2.21 bits per heavy atom. The quantitative estimate of drug-likeness (QED) is 0.884. The van der Waals surface area contributed by atoms with Crippen molar-refractivity contribution in [1.82, 2.24) is 0 Å². The van der Waals surface area contributed by atoms with E-state index in [0.717, 1.165) is 37.9 Å². The summed E-state index contributed by atoms with van der Waals surface area (Å²) in [5, 5.41) is 9.58. The molecule has 106 valence electrons. The molecule has 0 bridgehead atoms. The molecule has 0 aromatic heterocycles. The molecular formula is C15H23FN2O. The largest absolute Gasteiger partial charge is 0.394 e. The molecule has 1 aliphatic heterocycles. The predicted molar refractivity (Wildman–Crippen MR) is 75.7 cm³/mol. The van der Waals surface area contributed by atoms with Gasteiger partial charge < -0.3 is 15.7 Å². The minimum Gasteiger partial charge on any atom is -0.394 e. The van der Waals surface area contributed by atoms with E-state index in [9.17, 15) is 9.50 Å². The van der Waals surface area contributed by atoms with Crippen molar-refractivity contribution in [2.45, 2.75) is 44.7 Å². The molecule has 1 aromatic carbocycles. The molecule has 2 unspecified atom stereocenters. The van der Waals surface area contributed by atoms with E-state index >= 15 is 0 Å². The van der Waals surface area contributed by atoms with Crippen LogP contribution < -0.4 is 10.6 Å². The van der Waals surface area contributed by atoms with Gasteiger partial charge in [-0.2, -0.15) is 0 Å². The number of benzene rings is 1. The molecule has 1 aliphatic rings. The Hall–Kier alpha value is -1.13. The van der Waals surface area contributed by atoms with Crippen LogP contribution in [0, 0.1) is 5.82 Å². The molecule has 3 nitrogen and oxygen atoms in total. The summed E-state index contributed by atoms with van der Waals surface area (Å²) < 4.78 is 14.0. The van der Waals surface area contributed by atoms with Crippen molar-refractivity contribution in [2.24, 2.45) is 5.73 Å². The molecular weight excluding hydrogens is 243 g/mol. The van der Waals surface area contributed by atoms with Crippen LogP contribution in [0.1, 0.15) is 44.2 Å². The summed E-state index contributed by atoms with van der Waals surface area (Å²) in [5.74, 6) is -0.256. The molecule has 0 saturated carbocycles. The van der Waals surface area contributed by atoms with Crippen LogP contribution in [0.4, 0.5) is 10.1 Å². The topological polar surface area (TPSA) is 49.5 Å². The molecule has 0 spiro atoms. The van der Waals surface area contributed by atoms with E-state index in [-0.39, 0.29) is 24.5 Å². The maximum absolute atomic E-state index is 14.0. The van der Waals surface area contributed by atoms with Gasteiger partial charge >= 0.3 is 0 Å². The Balaban J connectivity index is 2.40. The van der Waals surface area contributed by atoms with Crippen LogP contribution in [0.25, 0.3) is 0 Å². The number of hydrogen-bond acceptors (Lipinski definition) is 3. The van der Waals surface area contributed by atoms with Crippen LogP contribution in [-0.4, -0.2) is 24.3 Å². The van der Waals surface area contributed by atoms with Crippen molar-refractivity contribution in [3.63, 3.8) is 0 Å². The normalized spacial score (nSPS) is 22.1. The Morgan fingerprint density at radius 3 is 2.89 bits per heavy atom. The van der Waals surface area contributed by atoms with E-state index in [2.05, 4.69) is 4.90 Å². The van der Waals surface area contributed by atoms with Gasteiger partial charge in [0.05, 0.1) is 12.6 Å². The molecule has 0 amide bonds. The molecule has 1 heterocycles. The molecule has 3 N–H and O–H groups in total. The van der Waals surface area contributed by atoms with Crippen molar-refractivity contribution in [2.75, 3.05) is 18.1 Å². The zero-order valence-electron chi connectivity index (χ0n) is 11.5. The Bertz CT molecular complexity index is 423. The monoisotopic (exact) mass is 266 g/mol. The summed E-state index contributed by atoms with van der Waals surface area (Å²) >= 11 is 0. The second kappa shape index (κ2) is 6.35. The number of aliphatic hydroxyl groups is 1. The van der Waals surface area contributed by atoms with Crippen LogP contribution in [0.3, 0.4) is 0 Å². The van der Waals surface area contributed by atoms with Crippen LogP contribution >= 0.6 is 0 Å². The average molecular weight is 266 g/mol. The fraction of sp³-hybridized carbons (Fsp3) is 0.600. The van der Waals surface area contributed by atoms with Gasteiger partial charge in [-0.15, -0.1) is 0 Å². The Labute approximate surface area is 114 Å². The first-order valence-corrected chi connectivity index (χ1v) is 7.06. The van der Waals surface area contributed by atoms with E-state index in [0.29, 0.717) is 5.56 Å². The van der Waals surface area contributed by atoms with Gasteiger partial charge in [0.1, 0.15) is 5.82 Å². The summed E-state index contributed by atoms with van der Waals surface area (Å²) in [6.07, 6.45) is 4.30. The molecule has 2 rings (SSSR count). The second-order valence-corrected chi connectivity index (χ2v) is 5.34. The van der Waals surface area contributed by atoms with Crippen LogP contribution in [0.15, 0.2) is 18.2 Å². The van der Waals surface area contributed by atoms with Crippen LogP contribution in [-0.2, 0) is 0 Å². The molecule has 4 heteroatoms. The number of hydrogen-bond donors (Lipinski definition) is 2. The average Bonchev–Trinajstić information content (AvgIpc) is 2.62. The van der Waals surface area contributed by atoms with Crippen molar-refractivity contribution < 1.29 is 9.50 Å². The number of anilines is 1. The minimum atomic E-state index is -0.348. The summed E-state index contributed by atoms with van der Waals surface area (Å²) in [7, 11) is 0. The number of nitrogens with two attached hydrogens (primary N) is 1. The number of rotatable bonds is 3. The van der Waals surface area contributed by atoms with Gasteiger partial charge in [-0.05, 0) is 31.9 Å². The van der Waals surface area contributed by atoms with Gasteiger partial charge in [-0.3, -0.25) is 0 Å². The zero-order chi connectivity index (χ0) is 13.8. The molecule has 0 aliphatic carbocycles. The highest BCUT2D eigenvalue weighted by molar-refractivity contribution is 5.56. The van der Waals surface area contributed by atoms with Gasteiger partial charge in [0.25, 0.3) is 0 Å². The number of nitrogens with zero attached hydrogens (tertiary/aromatic N) is 1. The lowest BCUT2D eigenvalue weighted by molar-refractivity contribution is 0.255. The highest BCUT2D eigenvalue weighted by Crippen LogP contribution is 2.31. The van der Waals surface area contributed by atoms with Crippen LogP contribution in [0.2, 0.25) is 0 Å². The van der Waals surface area contributed by atoms with Crippen molar-refractivity contribution in [3.8, 4) is 0 Å². The first kappa shape index (κ1) is 14.3. The first-order chi connectivity index (χ1) is 9.15. The molecule has 19 heavy (non-hydrogen) atoms. The standard InChI is InChI=1S/C15H23FN2O/c1-11(17)15-13(16)7-5-8-14(15)18-9-4-2-3-6-12(18)10-19/h5,7-8,11-12,19H,2-4,6,9-10,17H2,1H3. The third-order valence-corrected chi connectivity index (χ3v) is 3.88. The second-order valence-electron chi connectivity index (χ2n) is 5.34. The molecule has 1 fully saturated rings. The SMILES string of the molecule is CC(N)c1c(F)cccc1N1CCCCCC1CO. The van der Waals surface area contributed by atoms with E-state index in [1.165, 1.54) is 6.07 Å². The summed E-state index contributed by atoms with van der Waals surface area (Å²) in [4.78, 5) is 2.13. The van der Waals surface area contributed by atoms with Gasteiger partial charge in [0, 0.05) is 23.8 Å². The first-order valence-electron chi connectivity index (χ1n) is 7.06. The minimum absolute atomic E-state index is 0.0711. The van der Waals surface area contributed by atoms with Crippen molar-refractivity contribution in [1.29, 1.82) is 0 Å². The fourth-order valence-corrected chi connectivity index (χ4v) is 2.91. The molecule has 2 atom stereocenters. The summed E-state index contributed by atoms with van der Waals surface area (Å²) in [6, 6.07) is 4.81. The van der Waals surface area contributed by atoms with E-state index in [1.807, 2.05) is 6.07 Å². The van der Waals surface area contributed by atoms with Gasteiger partial charge in [-0.1, -0.05) is 18.9 Å². The third kappa shape index (κ3) is 3.07. The Kier molecular flexibility index (Phi) is 4.77. The predicted octanol–water partition coefficient (Wildman–Crippen LogP) is 2.59. The van der Waals surface area contributed by atoms with Gasteiger partial charge in [0.15, 0.2) is 0 Å². The lowest BCUT2D eigenvalue weighted by Crippen LogP contribution is -2.38. The maximum atomic E-state index is 14.0. The fourth-order valence-electron chi connectivity index (χ4n) is 2.91. The molecule has 0 radical (unpaired) electrons. The maximum Gasteiger partial charge on any atom is 0.130 e. The zero-order valence-corrected chi connectivity index (χ0v) is 11.5. The number of aliphatic hydroxyl groups excluding tert-OH is 1. The number of halogens is 1. The van der Waals surface area contributed by atoms with E-state index in [4.69, 9.17) is 5.73 Å². The smallest absolute Gasteiger partial charge is 0.130 e. The lowest BCUT2D eigenvalue weighted by Gasteiger charge is -2.33. The highest BCUT2D eigenvalue weighted by atomic mass is 19.1. The molecule has 1 saturated heterocycles. The highest BCUT2D eigenvalue weighted by Gasteiger charge is 2.24. The van der Waals surface area contributed by atoms with Gasteiger partial charge in [0.2, 0.25) is 0 Å². The van der Waals surface area contributed by atoms with Crippen LogP contribution in [0.5, 0.6) is 0 Å². The Morgan fingerprint density at radius 1 is 1.42 bits per heavy atom. The van der Waals surface area contributed by atoms with Gasteiger partial charge in [-0.25, -0.2) is 4.39 Å².